The molecule has 0 aliphatic rings. The Hall–Kier alpha value is -2.21. The van der Waals surface area contributed by atoms with Crippen molar-refractivity contribution in [1.29, 1.82) is 0 Å². The lowest BCUT2D eigenvalue weighted by Gasteiger charge is -2.24. The van der Waals surface area contributed by atoms with Gasteiger partial charge in [0.15, 0.2) is 5.13 Å². The largest absolute Gasteiger partial charge is 0.329 e. The van der Waals surface area contributed by atoms with Gasteiger partial charge in [-0.25, -0.2) is 4.98 Å². The van der Waals surface area contributed by atoms with E-state index in [4.69, 9.17) is 0 Å². The summed E-state index contributed by atoms with van der Waals surface area (Å²) in [4.78, 5) is 30.2. The van der Waals surface area contributed by atoms with Crippen LogP contribution in [0.4, 0.5) is 5.13 Å². The van der Waals surface area contributed by atoms with Crippen LogP contribution in [0.15, 0.2) is 41.9 Å². The number of nitrogens with zero attached hydrogens (tertiary/aromatic N) is 2. The standard InChI is InChI=1S/C16H19N3O2S/c1-12(2)10-19(15(21)13-6-4-3-5-7-13)11-14(20)18-16-17-8-9-22-16/h3-9,12H,10-11H2,1-2H3,(H,17,18,20). The van der Waals surface area contributed by atoms with Crippen LogP contribution in [0, 0.1) is 5.92 Å². The Bertz CT molecular complexity index is 612. The first-order chi connectivity index (χ1) is 10.6. The van der Waals surface area contributed by atoms with Gasteiger partial charge in [-0.15, -0.1) is 11.3 Å². The van der Waals surface area contributed by atoms with Crippen molar-refractivity contribution in [2.24, 2.45) is 5.92 Å². The third-order valence-electron chi connectivity index (χ3n) is 2.91. The fraction of sp³-hybridized carbons (Fsp3) is 0.312. The summed E-state index contributed by atoms with van der Waals surface area (Å²) in [5, 5.41) is 5.04. The minimum Gasteiger partial charge on any atom is -0.329 e. The van der Waals surface area contributed by atoms with E-state index in [2.05, 4.69) is 10.3 Å². The molecule has 1 aromatic heterocycles. The van der Waals surface area contributed by atoms with Gasteiger partial charge in [-0.05, 0) is 18.1 Å². The molecule has 5 nitrogen and oxygen atoms in total. The van der Waals surface area contributed by atoms with Crippen molar-refractivity contribution in [3.63, 3.8) is 0 Å². The molecule has 0 saturated carbocycles. The van der Waals surface area contributed by atoms with Crippen LogP contribution in [-0.2, 0) is 4.79 Å². The molecule has 1 N–H and O–H groups in total. The van der Waals surface area contributed by atoms with Gasteiger partial charge >= 0.3 is 0 Å². The molecule has 0 radical (unpaired) electrons. The summed E-state index contributed by atoms with van der Waals surface area (Å²) in [5.41, 5.74) is 0.588. The Morgan fingerprint density at radius 3 is 2.59 bits per heavy atom. The topological polar surface area (TPSA) is 62.3 Å². The van der Waals surface area contributed by atoms with Crippen molar-refractivity contribution in [2.45, 2.75) is 13.8 Å². The first-order valence-electron chi connectivity index (χ1n) is 7.10. The van der Waals surface area contributed by atoms with E-state index in [9.17, 15) is 9.59 Å². The van der Waals surface area contributed by atoms with Crippen LogP contribution in [0.25, 0.3) is 0 Å². The lowest BCUT2D eigenvalue weighted by atomic mass is 10.1. The van der Waals surface area contributed by atoms with Crippen LogP contribution in [0.2, 0.25) is 0 Å². The predicted molar refractivity (Wildman–Crippen MR) is 87.9 cm³/mol. The molecule has 0 aliphatic carbocycles. The molecule has 1 heterocycles. The second kappa shape index (κ2) is 7.70. The summed E-state index contributed by atoms with van der Waals surface area (Å²) < 4.78 is 0. The van der Waals surface area contributed by atoms with Crippen LogP contribution >= 0.6 is 11.3 Å². The second-order valence-electron chi connectivity index (χ2n) is 5.33. The molecule has 1 aromatic carbocycles. The summed E-state index contributed by atoms with van der Waals surface area (Å²) in [6, 6.07) is 9.01. The molecule has 2 rings (SSSR count). The van der Waals surface area contributed by atoms with Crippen molar-refractivity contribution >= 4 is 28.3 Å². The molecule has 2 aromatic rings. The minimum atomic E-state index is -0.236. The monoisotopic (exact) mass is 317 g/mol. The van der Waals surface area contributed by atoms with Gasteiger partial charge in [0.2, 0.25) is 5.91 Å². The predicted octanol–water partition coefficient (Wildman–Crippen LogP) is 2.88. The molecule has 0 aliphatic heterocycles. The normalized spacial score (nSPS) is 10.5. The number of thiazole rings is 1. The number of amides is 2. The molecular weight excluding hydrogens is 298 g/mol. The SMILES string of the molecule is CC(C)CN(CC(=O)Nc1nccs1)C(=O)c1ccccc1. The molecule has 0 atom stereocenters. The minimum absolute atomic E-state index is 0.0193. The number of hydrogen-bond acceptors (Lipinski definition) is 4. The van der Waals surface area contributed by atoms with E-state index < -0.39 is 0 Å². The van der Waals surface area contributed by atoms with Crippen LogP contribution in [0.1, 0.15) is 24.2 Å². The van der Waals surface area contributed by atoms with Crippen molar-refractivity contribution in [2.75, 3.05) is 18.4 Å². The van der Waals surface area contributed by atoms with Crippen molar-refractivity contribution < 1.29 is 9.59 Å². The third kappa shape index (κ3) is 4.66. The van der Waals surface area contributed by atoms with E-state index in [1.807, 2.05) is 32.0 Å². The maximum Gasteiger partial charge on any atom is 0.254 e. The molecule has 0 fully saturated rings. The Kier molecular flexibility index (Phi) is 5.66. The molecule has 0 spiro atoms. The number of hydrogen-bond donors (Lipinski definition) is 1. The summed E-state index contributed by atoms with van der Waals surface area (Å²) in [7, 11) is 0. The van der Waals surface area contributed by atoms with Gasteiger partial charge in [0.05, 0.1) is 0 Å². The maximum absolute atomic E-state index is 12.6. The maximum atomic E-state index is 12.6. The van der Waals surface area contributed by atoms with Gasteiger partial charge in [-0.3, -0.25) is 9.59 Å². The Labute approximate surface area is 134 Å². The highest BCUT2D eigenvalue weighted by atomic mass is 32.1. The fourth-order valence-corrected chi connectivity index (χ4v) is 2.59. The van der Waals surface area contributed by atoms with Crippen molar-refractivity contribution in [1.82, 2.24) is 9.88 Å². The summed E-state index contributed by atoms with van der Waals surface area (Å²) in [5.74, 6) is -0.0937. The highest BCUT2D eigenvalue weighted by Crippen LogP contribution is 2.11. The molecule has 6 heteroatoms. The number of aromatic nitrogens is 1. The lowest BCUT2D eigenvalue weighted by molar-refractivity contribution is -0.117. The molecule has 0 unspecified atom stereocenters. The molecule has 0 bridgehead atoms. The number of rotatable bonds is 6. The Morgan fingerprint density at radius 2 is 2.00 bits per heavy atom. The van der Waals surface area contributed by atoms with E-state index in [-0.39, 0.29) is 24.3 Å². The number of anilines is 1. The van der Waals surface area contributed by atoms with E-state index in [0.717, 1.165) is 0 Å². The number of carbonyl (C=O) groups is 2. The van der Waals surface area contributed by atoms with Crippen LogP contribution in [0.5, 0.6) is 0 Å². The highest BCUT2D eigenvalue weighted by Gasteiger charge is 2.20. The van der Waals surface area contributed by atoms with Gasteiger partial charge in [0.1, 0.15) is 6.54 Å². The van der Waals surface area contributed by atoms with E-state index in [0.29, 0.717) is 17.2 Å². The van der Waals surface area contributed by atoms with Crippen LogP contribution in [-0.4, -0.2) is 34.8 Å². The first kappa shape index (κ1) is 16.2. The van der Waals surface area contributed by atoms with Gasteiger partial charge in [-0.2, -0.15) is 0 Å². The van der Waals surface area contributed by atoms with Gasteiger partial charge in [-0.1, -0.05) is 32.0 Å². The number of benzene rings is 1. The lowest BCUT2D eigenvalue weighted by Crippen LogP contribution is -2.40. The second-order valence-corrected chi connectivity index (χ2v) is 6.23. The first-order valence-corrected chi connectivity index (χ1v) is 7.98. The third-order valence-corrected chi connectivity index (χ3v) is 3.60. The molecule has 22 heavy (non-hydrogen) atoms. The number of nitrogens with one attached hydrogen (secondary N) is 1. The van der Waals surface area contributed by atoms with Gasteiger partial charge < -0.3 is 10.2 Å². The summed E-state index contributed by atoms with van der Waals surface area (Å²) in [6.07, 6.45) is 1.63. The van der Waals surface area contributed by atoms with Crippen molar-refractivity contribution in [3.8, 4) is 0 Å². The Morgan fingerprint density at radius 1 is 1.27 bits per heavy atom. The average molecular weight is 317 g/mol. The zero-order valence-corrected chi connectivity index (χ0v) is 13.5. The molecule has 0 saturated heterocycles. The van der Waals surface area contributed by atoms with Crippen LogP contribution in [0.3, 0.4) is 0 Å². The summed E-state index contributed by atoms with van der Waals surface area (Å²) >= 11 is 1.35. The molecule has 2 amide bonds. The van der Waals surface area contributed by atoms with Crippen LogP contribution < -0.4 is 5.32 Å². The molecular formula is C16H19N3O2S. The number of carbonyl (C=O) groups excluding carboxylic acids is 2. The van der Waals surface area contributed by atoms with E-state index >= 15 is 0 Å². The van der Waals surface area contributed by atoms with E-state index in [1.54, 1.807) is 28.6 Å². The van der Waals surface area contributed by atoms with Gasteiger partial charge in [0, 0.05) is 23.7 Å². The zero-order chi connectivity index (χ0) is 15.9. The average Bonchev–Trinajstić information content (AvgIpc) is 2.99. The quantitative estimate of drug-likeness (QED) is 0.891. The zero-order valence-electron chi connectivity index (χ0n) is 12.7. The fourth-order valence-electron chi connectivity index (χ4n) is 2.04. The summed E-state index contributed by atoms with van der Waals surface area (Å²) in [6.45, 7) is 4.58. The van der Waals surface area contributed by atoms with Crippen molar-refractivity contribution in [3.05, 3.63) is 47.5 Å². The van der Waals surface area contributed by atoms with Gasteiger partial charge in [0.25, 0.3) is 5.91 Å². The van der Waals surface area contributed by atoms with E-state index in [1.165, 1.54) is 11.3 Å². The highest BCUT2D eigenvalue weighted by molar-refractivity contribution is 7.13. The molecule has 116 valence electrons. The smallest absolute Gasteiger partial charge is 0.254 e. The Balaban J connectivity index is 2.05.